The fourth-order valence-corrected chi connectivity index (χ4v) is 2.74. The SMILES string of the molecule is COC(=O)c1ccc(Nc2ccnc(C(=O)N(C)CCc3ccncc3)c2)cc1. The molecule has 0 spiro atoms. The van der Waals surface area contributed by atoms with E-state index >= 15 is 0 Å². The van der Waals surface area contributed by atoms with Crippen LogP contribution in [0.25, 0.3) is 0 Å². The van der Waals surface area contributed by atoms with E-state index in [-0.39, 0.29) is 11.9 Å². The van der Waals surface area contributed by atoms with Gasteiger partial charge in [-0.15, -0.1) is 0 Å². The van der Waals surface area contributed by atoms with Crippen LogP contribution < -0.4 is 5.32 Å². The number of nitrogens with zero attached hydrogens (tertiary/aromatic N) is 3. The summed E-state index contributed by atoms with van der Waals surface area (Å²) in [6.07, 6.45) is 5.82. The number of hydrogen-bond donors (Lipinski definition) is 1. The van der Waals surface area contributed by atoms with Gasteiger partial charge in [-0.1, -0.05) is 0 Å². The zero-order valence-electron chi connectivity index (χ0n) is 16.3. The highest BCUT2D eigenvalue weighted by atomic mass is 16.5. The molecule has 2 aromatic heterocycles. The average molecular weight is 390 g/mol. The molecule has 0 aliphatic rings. The normalized spacial score (nSPS) is 10.3. The molecule has 0 fully saturated rings. The van der Waals surface area contributed by atoms with E-state index in [1.807, 2.05) is 12.1 Å². The summed E-state index contributed by atoms with van der Waals surface area (Å²) in [4.78, 5) is 34.1. The minimum absolute atomic E-state index is 0.149. The van der Waals surface area contributed by atoms with Gasteiger partial charge in [-0.05, 0) is 60.5 Å². The Kier molecular flexibility index (Phi) is 6.52. The summed E-state index contributed by atoms with van der Waals surface area (Å²) in [5, 5.41) is 3.21. The van der Waals surface area contributed by atoms with Gasteiger partial charge >= 0.3 is 5.97 Å². The van der Waals surface area contributed by atoms with Gasteiger partial charge in [0.2, 0.25) is 0 Å². The van der Waals surface area contributed by atoms with Crippen molar-refractivity contribution in [1.29, 1.82) is 0 Å². The smallest absolute Gasteiger partial charge is 0.337 e. The molecular formula is C22H22N4O3. The Morgan fingerprint density at radius 3 is 2.41 bits per heavy atom. The van der Waals surface area contributed by atoms with Crippen LogP contribution in [0.1, 0.15) is 26.4 Å². The lowest BCUT2D eigenvalue weighted by atomic mass is 10.2. The minimum atomic E-state index is -0.386. The molecule has 3 rings (SSSR count). The van der Waals surface area contributed by atoms with Crippen LogP contribution in [0, 0.1) is 0 Å². The quantitative estimate of drug-likeness (QED) is 0.623. The van der Waals surface area contributed by atoms with Crippen molar-refractivity contribution in [3.8, 4) is 0 Å². The van der Waals surface area contributed by atoms with Crippen molar-refractivity contribution in [2.24, 2.45) is 0 Å². The first-order chi connectivity index (χ1) is 14.1. The van der Waals surface area contributed by atoms with Gasteiger partial charge in [0, 0.05) is 43.6 Å². The maximum Gasteiger partial charge on any atom is 0.337 e. The molecule has 7 nitrogen and oxygen atoms in total. The molecular weight excluding hydrogens is 368 g/mol. The number of amides is 1. The number of benzene rings is 1. The molecule has 29 heavy (non-hydrogen) atoms. The van der Waals surface area contributed by atoms with Crippen molar-refractivity contribution < 1.29 is 14.3 Å². The molecule has 7 heteroatoms. The fraction of sp³-hybridized carbons (Fsp3) is 0.182. The predicted octanol–water partition coefficient (Wildman–Crippen LogP) is 3.32. The Bertz CT molecular complexity index is 975. The van der Waals surface area contributed by atoms with E-state index in [0.717, 1.165) is 23.4 Å². The second-order valence-electron chi connectivity index (χ2n) is 6.46. The number of carbonyl (C=O) groups excluding carboxylic acids is 2. The van der Waals surface area contributed by atoms with Crippen molar-refractivity contribution in [3.63, 3.8) is 0 Å². The number of likely N-dealkylation sites (N-methyl/N-ethyl adjacent to an activating group) is 1. The number of nitrogens with one attached hydrogen (secondary N) is 1. The second-order valence-corrected chi connectivity index (χ2v) is 6.46. The Balaban J connectivity index is 1.63. The van der Waals surface area contributed by atoms with Gasteiger partial charge in [0.25, 0.3) is 5.91 Å². The fourth-order valence-electron chi connectivity index (χ4n) is 2.74. The van der Waals surface area contributed by atoms with Crippen LogP contribution in [0.5, 0.6) is 0 Å². The third-order valence-corrected chi connectivity index (χ3v) is 4.41. The van der Waals surface area contributed by atoms with Crippen LogP contribution in [-0.2, 0) is 11.2 Å². The topological polar surface area (TPSA) is 84.4 Å². The number of aromatic nitrogens is 2. The van der Waals surface area contributed by atoms with E-state index in [0.29, 0.717) is 17.8 Å². The molecule has 0 saturated heterocycles. The number of carbonyl (C=O) groups is 2. The van der Waals surface area contributed by atoms with Crippen LogP contribution in [0.3, 0.4) is 0 Å². The number of pyridine rings is 2. The second kappa shape index (κ2) is 9.45. The number of hydrogen-bond acceptors (Lipinski definition) is 6. The molecule has 148 valence electrons. The zero-order chi connectivity index (χ0) is 20.6. The number of ether oxygens (including phenoxy) is 1. The largest absolute Gasteiger partial charge is 0.465 e. The van der Waals surface area contributed by atoms with E-state index < -0.39 is 0 Å². The summed E-state index contributed by atoms with van der Waals surface area (Å²) in [5.74, 6) is -0.535. The highest BCUT2D eigenvalue weighted by Gasteiger charge is 2.14. The third-order valence-electron chi connectivity index (χ3n) is 4.41. The Morgan fingerprint density at radius 1 is 1.00 bits per heavy atom. The van der Waals surface area contributed by atoms with Crippen molar-refractivity contribution in [2.45, 2.75) is 6.42 Å². The lowest BCUT2D eigenvalue weighted by Crippen LogP contribution is -2.29. The summed E-state index contributed by atoms with van der Waals surface area (Å²) in [6, 6.07) is 14.3. The summed E-state index contributed by atoms with van der Waals surface area (Å²) < 4.78 is 4.69. The molecule has 0 unspecified atom stereocenters. The molecule has 0 saturated carbocycles. The molecule has 1 N–H and O–H groups in total. The highest BCUT2D eigenvalue weighted by molar-refractivity contribution is 5.93. The third kappa shape index (κ3) is 5.38. The highest BCUT2D eigenvalue weighted by Crippen LogP contribution is 2.18. The molecule has 0 aliphatic carbocycles. The van der Waals surface area contributed by atoms with Gasteiger partial charge in [-0.25, -0.2) is 4.79 Å². The van der Waals surface area contributed by atoms with Gasteiger partial charge < -0.3 is 15.0 Å². The van der Waals surface area contributed by atoms with Gasteiger partial charge in [0.15, 0.2) is 0 Å². The number of esters is 1. The van der Waals surface area contributed by atoms with E-state index in [4.69, 9.17) is 4.74 Å². The van der Waals surface area contributed by atoms with Crippen LogP contribution in [0.15, 0.2) is 67.1 Å². The van der Waals surface area contributed by atoms with Crippen LogP contribution >= 0.6 is 0 Å². The van der Waals surface area contributed by atoms with Crippen LogP contribution in [-0.4, -0.2) is 47.4 Å². The molecule has 0 atom stereocenters. The Morgan fingerprint density at radius 2 is 1.72 bits per heavy atom. The van der Waals surface area contributed by atoms with Gasteiger partial charge in [0.1, 0.15) is 5.69 Å². The first kappa shape index (κ1) is 20.0. The van der Waals surface area contributed by atoms with Crippen molar-refractivity contribution >= 4 is 23.3 Å². The van der Waals surface area contributed by atoms with Crippen molar-refractivity contribution in [2.75, 3.05) is 26.0 Å². The minimum Gasteiger partial charge on any atom is -0.465 e. The summed E-state index contributed by atoms with van der Waals surface area (Å²) in [6.45, 7) is 0.581. The van der Waals surface area contributed by atoms with Crippen LogP contribution in [0.2, 0.25) is 0 Å². The standard InChI is InChI=1S/C22H22N4O3/c1-26(14-10-16-7-11-23-12-8-16)21(27)20-15-19(9-13-24-20)25-18-5-3-17(4-6-18)22(28)29-2/h3-9,11-13,15H,10,14H2,1-2H3,(H,24,25). The van der Waals surface area contributed by atoms with E-state index in [9.17, 15) is 9.59 Å². The average Bonchev–Trinajstić information content (AvgIpc) is 2.77. The number of anilines is 2. The van der Waals surface area contributed by atoms with Crippen LogP contribution in [0.4, 0.5) is 11.4 Å². The Hall–Kier alpha value is -3.74. The Labute approximate surface area is 169 Å². The summed E-state index contributed by atoms with van der Waals surface area (Å²) >= 11 is 0. The van der Waals surface area contributed by atoms with Gasteiger partial charge in [-0.2, -0.15) is 0 Å². The summed E-state index contributed by atoms with van der Waals surface area (Å²) in [7, 11) is 3.11. The molecule has 1 amide bonds. The number of rotatable bonds is 7. The van der Waals surface area contributed by atoms with E-state index in [1.165, 1.54) is 7.11 Å². The molecule has 2 heterocycles. The first-order valence-corrected chi connectivity index (χ1v) is 9.12. The first-order valence-electron chi connectivity index (χ1n) is 9.12. The monoisotopic (exact) mass is 390 g/mol. The molecule has 3 aromatic rings. The maximum absolute atomic E-state index is 12.7. The maximum atomic E-state index is 12.7. The molecule has 0 radical (unpaired) electrons. The molecule has 0 bridgehead atoms. The molecule has 1 aromatic carbocycles. The number of methoxy groups -OCH3 is 1. The van der Waals surface area contributed by atoms with Crippen molar-refractivity contribution in [1.82, 2.24) is 14.9 Å². The van der Waals surface area contributed by atoms with E-state index in [1.54, 1.807) is 66.9 Å². The zero-order valence-corrected chi connectivity index (χ0v) is 16.3. The lowest BCUT2D eigenvalue weighted by Gasteiger charge is -2.17. The summed E-state index contributed by atoms with van der Waals surface area (Å²) in [5.41, 5.74) is 3.47. The predicted molar refractivity (Wildman–Crippen MR) is 110 cm³/mol. The molecule has 0 aliphatic heterocycles. The van der Waals surface area contributed by atoms with E-state index in [2.05, 4.69) is 15.3 Å². The van der Waals surface area contributed by atoms with Crippen molar-refractivity contribution in [3.05, 3.63) is 83.9 Å². The van der Waals surface area contributed by atoms with Gasteiger partial charge in [0.05, 0.1) is 12.7 Å². The van der Waals surface area contributed by atoms with Gasteiger partial charge in [-0.3, -0.25) is 14.8 Å². The lowest BCUT2D eigenvalue weighted by molar-refractivity contribution is 0.0600.